The monoisotopic (exact) mass is 170 g/mol. The van der Waals surface area contributed by atoms with Crippen molar-refractivity contribution in [1.29, 1.82) is 0 Å². The van der Waals surface area contributed by atoms with Gasteiger partial charge in [0.2, 0.25) is 0 Å². The summed E-state index contributed by atoms with van der Waals surface area (Å²) in [5.41, 5.74) is 5.57. The molecule has 0 aromatic rings. The largest absolute Gasteiger partial charge is 0.330 e. The third-order valence-corrected chi connectivity index (χ3v) is 3.04. The van der Waals surface area contributed by atoms with Gasteiger partial charge >= 0.3 is 0 Å². The molecule has 12 heavy (non-hydrogen) atoms. The van der Waals surface area contributed by atoms with Crippen LogP contribution in [0.3, 0.4) is 0 Å². The molecule has 1 aliphatic rings. The van der Waals surface area contributed by atoms with Gasteiger partial charge in [-0.15, -0.1) is 0 Å². The van der Waals surface area contributed by atoms with Gasteiger partial charge in [-0.1, -0.05) is 26.7 Å². The van der Waals surface area contributed by atoms with Crippen molar-refractivity contribution in [2.24, 2.45) is 17.6 Å². The number of hydrogen-bond acceptors (Lipinski definition) is 2. The molecule has 1 aliphatic heterocycles. The van der Waals surface area contributed by atoms with Crippen LogP contribution in [-0.2, 0) is 0 Å². The Bertz CT molecular complexity index is 115. The van der Waals surface area contributed by atoms with E-state index in [0.29, 0.717) is 0 Å². The molecule has 2 N–H and O–H groups in total. The molecule has 1 saturated heterocycles. The van der Waals surface area contributed by atoms with Crippen LogP contribution in [0.15, 0.2) is 0 Å². The molecule has 0 aliphatic carbocycles. The average Bonchev–Trinajstić information content (AvgIpc) is 2.03. The minimum absolute atomic E-state index is 0.791. The summed E-state index contributed by atoms with van der Waals surface area (Å²) in [7, 11) is 0. The number of nitrogens with zero attached hydrogens (tertiary/aromatic N) is 1. The summed E-state index contributed by atoms with van der Waals surface area (Å²) in [6.45, 7) is 9.23. The minimum Gasteiger partial charge on any atom is -0.330 e. The van der Waals surface area contributed by atoms with Crippen LogP contribution in [-0.4, -0.2) is 31.1 Å². The Morgan fingerprint density at radius 2 is 1.92 bits per heavy atom. The van der Waals surface area contributed by atoms with Gasteiger partial charge in [0.25, 0.3) is 0 Å². The molecular weight excluding hydrogens is 148 g/mol. The van der Waals surface area contributed by atoms with E-state index < -0.39 is 0 Å². The lowest BCUT2D eigenvalue weighted by Crippen LogP contribution is -2.51. The van der Waals surface area contributed by atoms with Crippen molar-refractivity contribution in [3.05, 3.63) is 0 Å². The van der Waals surface area contributed by atoms with Crippen LogP contribution in [0.4, 0.5) is 0 Å². The second kappa shape index (κ2) is 4.83. The maximum atomic E-state index is 5.57. The van der Waals surface area contributed by atoms with E-state index in [-0.39, 0.29) is 0 Å². The van der Waals surface area contributed by atoms with Gasteiger partial charge in [-0.05, 0) is 18.4 Å². The molecule has 0 bridgehead atoms. The maximum Gasteiger partial charge on any atom is 0.00342 e. The van der Waals surface area contributed by atoms with Crippen LogP contribution < -0.4 is 5.73 Å². The van der Waals surface area contributed by atoms with Crippen molar-refractivity contribution in [3.63, 3.8) is 0 Å². The lowest BCUT2D eigenvalue weighted by atomic mass is 9.96. The summed E-state index contributed by atoms with van der Waals surface area (Å²) < 4.78 is 0. The molecule has 0 unspecified atom stereocenters. The average molecular weight is 170 g/mol. The highest BCUT2D eigenvalue weighted by Crippen LogP contribution is 2.18. The first-order valence-corrected chi connectivity index (χ1v) is 5.22. The van der Waals surface area contributed by atoms with E-state index in [4.69, 9.17) is 5.73 Å². The Morgan fingerprint density at radius 1 is 1.33 bits per heavy atom. The number of nitrogens with two attached hydrogens (primary N) is 1. The van der Waals surface area contributed by atoms with E-state index in [9.17, 15) is 0 Å². The van der Waals surface area contributed by atoms with Crippen LogP contribution in [0.1, 0.15) is 26.7 Å². The number of hydrogen-bond donors (Lipinski definition) is 1. The van der Waals surface area contributed by atoms with Gasteiger partial charge in [-0.2, -0.15) is 0 Å². The molecule has 1 heterocycles. The zero-order chi connectivity index (χ0) is 8.97. The summed E-state index contributed by atoms with van der Waals surface area (Å²) in [6, 6.07) is 0. The first-order valence-electron chi connectivity index (χ1n) is 5.22. The van der Waals surface area contributed by atoms with E-state index in [1.54, 1.807) is 0 Å². The maximum absolute atomic E-state index is 5.57. The zero-order valence-corrected chi connectivity index (χ0v) is 8.42. The Morgan fingerprint density at radius 3 is 2.33 bits per heavy atom. The molecule has 0 saturated carbocycles. The second-order valence-corrected chi connectivity index (χ2v) is 4.00. The minimum atomic E-state index is 0.791. The quantitative estimate of drug-likeness (QED) is 0.674. The molecule has 0 atom stereocenters. The molecular formula is C10H22N2. The highest BCUT2D eigenvalue weighted by molar-refractivity contribution is 4.81. The fourth-order valence-corrected chi connectivity index (χ4v) is 1.89. The predicted molar refractivity (Wildman–Crippen MR) is 53.1 cm³/mol. The van der Waals surface area contributed by atoms with Crippen LogP contribution in [0, 0.1) is 11.8 Å². The van der Waals surface area contributed by atoms with Gasteiger partial charge in [-0.25, -0.2) is 0 Å². The van der Waals surface area contributed by atoms with Crippen molar-refractivity contribution in [2.45, 2.75) is 26.7 Å². The van der Waals surface area contributed by atoms with E-state index in [1.807, 2.05) is 0 Å². The normalized spacial score (nSPS) is 20.0. The molecule has 0 aromatic heterocycles. The van der Waals surface area contributed by atoms with E-state index in [1.165, 1.54) is 32.5 Å². The van der Waals surface area contributed by atoms with Gasteiger partial charge in [0.1, 0.15) is 0 Å². The van der Waals surface area contributed by atoms with Gasteiger partial charge in [0.15, 0.2) is 0 Å². The molecule has 0 aromatic carbocycles. The molecule has 0 spiro atoms. The topological polar surface area (TPSA) is 29.3 Å². The highest BCUT2D eigenvalue weighted by atomic mass is 15.2. The Kier molecular flexibility index (Phi) is 4.02. The van der Waals surface area contributed by atoms with Crippen LogP contribution in [0.2, 0.25) is 0 Å². The van der Waals surface area contributed by atoms with Crippen LogP contribution in [0.25, 0.3) is 0 Å². The summed E-state index contributed by atoms with van der Waals surface area (Å²) in [6.07, 6.45) is 2.64. The molecule has 72 valence electrons. The van der Waals surface area contributed by atoms with Gasteiger partial charge in [0.05, 0.1) is 0 Å². The molecule has 2 heteroatoms. The van der Waals surface area contributed by atoms with Crippen molar-refractivity contribution in [3.8, 4) is 0 Å². The number of rotatable bonds is 5. The standard InChI is InChI=1S/C10H22N2/c1-3-9(4-2)6-12-7-10(5-11)8-12/h9-10H,3-8,11H2,1-2H3. The smallest absolute Gasteiger partial charge is 0.00342 e. The summed E-state index contributed by atoms with van der Waals surface area (Å²) in [4.78, 5) is 2.54. The van der Waals surface area contributed by atoms with Crippen molar-refractivity contribution in [1.82, 2.24) is 4.90 Å². The Labute approximate surface area is 76.1 Å². The molecule has 1 fully saturated rings. The SMILES string of the molecule is CCC(CC)CN1CC(CN)C1. The van der Waals surface area contributed by atoms with Gasteiger partial charge in [-0.3, -0.25) is 0 Å². The van der Waals surface area contributed by atoms with Crippen LogP contribution in [0.5, 0.6) is 0 Å². The fraction of sp³-hybridized carbons (Fsp3) is 1.00. The fourth-order valence-electron chi connectivity index (χ4n) is 1.89. The third kappa shape index (κ3) is 2.46. The Hall–Kier alpha value is -0.0800. The van der Waals surface area contributed by atoms with Crippen LogP contribution >= 0.6 is 0 Å². The van der Waals surface area contributed by atoms with Gasteiger partial charge < -0.3 is 10.6 Å². The number of likely N-dealkylation sites (tertiary alicyclic amines) is 1. The van der Waals surface area contributed by atoms with Crippen molar-refractivity contribution >= 4 is 0 Å². The van der Waals surface area contributed by atoms with E-state index in [2.05, 4.69) is 18.7 Å². The molecule has 1 rings (SSSR count). The lowest BCUT2D eigenvalue weighted by molar-refractivity contribution is 0.0845. The highest BCUT2D eigenvalue weighted by Gasteiger charge is 2.26. The van der Waals surface area contributed by atoms with Crippen molar-refractivity contribution in [2.75, 3.05) is 26.2 Å². The second-order valence-electron chi connectivity index (χ2n) is 4.00. The summed E-state index contributed by atoms with van der Waals surface area (Å²) in [5, 5.41) is 0. The first kappa shape index (κ1) is 10.0. The third-order valence-electron chi connectivity index (χ3n) is 3.04. The van der Waals surface area contributed by atoms with E-state index >= 15 is 0 Å². The molecule has 2 nitrogen and oxygen atoms in total. The Balaban J connectivity index is 2.09. The lowest BCUT2D eigenvalue weighted by Gasteiger charge is -2.40. The van der Waals surface area contributed by atoms with Crippen molar-refractivity contribution < 1.29 is 0 Å². The molecule has 0 amide bonds. The van der Waals surface area contributed by atoms with Gasteiger partial charge in [0, 0.05) is 19.6 Å². The predicted octanol–water partition coefficient (Wildman–Crippen LogP) is 1.31. The van der Waals surface area contributed by atoms with E-state index in [0.717, 1.165) is 18.4 Å². The first-order chi connectivity index (χ1) is 5.80. The summed E-state index contributed by atoms with van der Waals surface area (Å²) in [5.74, 6) is 1.70. The summed E-state index contributed by atoms with van der Waals surface area (Å²) >= 11 is 0. The molecule has 0 radical (unpaired) electrons. The zero-order valence-electron chi connectivity index (χ0n) is 8.42.